The summed E-state index contributed by atoms with van der Waals surface area (Å²) < 4.78 is 6.17. The van der Waals surface area contributed by atoms with E-state index in [0.29, 0.717) is 17.9 Å². The first kappa shape index (κ1) is 13.6. The molecule has 2 aromatic carbocycles. The Kier molecular flexibility index (Phi) is 2.94. The minimum Gasteiger partial charge on any atom is -0.497 e. The average molecular weight is 307 g/mol. The molecule has 0 unspecified atom stereocenters. The Bertz CT molecular complexity index is 919. The second-order valence-electron chi connectivity index (χ2n) is 5.49. The number of nitrogens with zero attached hydrogens (tertiary/aromatic N) is 2. The van der Waals surface area contributed by atoms with Gasteiger partial charge in [0.1, 0.15) is 18.5 Å². The van der Waals surface area contributed by atoms with E-state index < -0.39 is 0 Å². The fourth-order valence-electron chi connectivity index (χ4n) is 3.03. The largest absolute Gasteiger partial charge is 0.497 e. The molecule has 0 saturated heterocycles. The van der Waals surface area contributed by atoms with E-state index in [-0.39, 0.29) is 5.91 Å². The maximum atomic E-state index is 12.7. The third kappa shape index (κ3) is 2.01. The van der Waals surface area contributed by atoms with Crippen molar-refractivity contribution < 1.29 is 19.5 Å². The van der Waals surface area contributed by atoms with E-state index in [2.05, 4.69) is 0 Å². The third-order valence-electron chi connectivity index (χ3n) is 4.16. The highest BCUT2D eigenvalue weighted by Crippen LogP contribution is 2.35. The smallest absolute Gasteiger partial charge is 0.342 e. The van der Waals surface area contributed by atoms with Crippen LogP contribution in [0.1, 0.15) is 15.9 Å². The van der Waals surface area contributed by atoms with Crippen molar-refractivity contribution in [2.45, 2.75) is 6.54 Å². The van der Waals surface area contributed by atoms with Gasteiger partial charge in [-0.05, 0) is 35.2 Å². The molecule has 4 rings (SSSR count). The number of pyridine rings is 1. The number of benzene rings is 2. The van der Waals surface area contributed by atoms with Gasteiger partial charge in [-0.15, -0.1) is 0 Å². The van der Waals surface area contributed by atoms with Gasteiger partial charge in [0, 0.05) is 0 Å². The van der Waals surface area contributed by atoms with E-state index in [0.717, 1.165) is 26.8 Å². The molecule has 23 heavy (non-hydrogen) atoms. The van der Waals surface area contributed by atoms with Crippen LogP contribution in [0.4, 0.5) is 5.82 Å². The molecule has 0 aliphatic carbocycles. The summed E-state index contributed by atoms with van der Waals surface area (Å²) in [6, 6.07) is 14.9. The molecule has 1 aromatic heterocycles. The van der Waals surface area contributed by atoms with E-state index >= 15 is 0 Å². The van der Waals surface area contributed by atoms with Crippen LogP contribution in [0.3, 0.4) is 0 Å². The molecule has 1 N–H and O–H groups in total. The van der Waals surface area contributed by atoms with Gasteiger partial charge in [-0.3, -0.25) is 0 Å². The highest BCUT2D eigenvalue weighted by molar-refractivity contribution is 6.23. The molecule has 1 aliphatic heterocycles. The van der Waals surface area contributed by atoms with Crippen molar-refractivity contribution >= 4 is 22.5 Å². The van der Waals surface area contributed by atoms with Crippen LogP contribution in [-0.4, -0.2) is 18.2 Å². The molecule has 1 amide bonds. The summed E-state index contributed by atoms with van der Waals surface area (Å²) in [5.41, 5.74) is 1.58. The molecule has 0 bridgehead atoms. The van der Waals surface area contributed by atoms with Crippen molar-refractivity contribution in [1.29, 1.82) is 0 Å². The Hall–Kier alpha value is -3.08. The van der Waals surface area contributed by atoms with Gasteiger partial charge in [-0.1, -0.05) is 29.0 Å². The lowest BCUT2D eigenvalue weighted by Crippen LogP contribution is -2.39. The van der Waals surface area contributed by atoms with Crippen molar-refractivity contribution in [3.63, 3.8) is 0 Å². The molecular formula is C18H15N2O3+. The minimum atomic E-state index is -0.101. The molecule has 0 spiro atoms. The molecule has 5 heteroatoms. The van der Waals surface area contributed by atoms with Crippen LogP contribution >= 0.6 is 0 Å². The summed E-state index contributed by atoms with van der Waals surface area (Å²) in [5.74, 6) is 1.18. The number of amides is 1. The highest BCUT2D eigenvalue weighted by Gasteiger charge is 2.40. The van der Waals surface area contributed by atoms with Gasteiger partial charge in [0.05, 0.1) is 18.1 Å². The Morgan fingerprint density at radius 3 is 2.65 bits per heavy atom. The number of rotatable bonds is 3. The molecule has 3 aromatic rings. The van der Waals surface area contributed by atoms with Gasteiger partial charge in [-0.25, -0.2) is 4.79 Å². The normalized spacial score (nSPS) is 12.9. The fraction of sp³-hybridized carbons (Fsp3) is 0.111. The minimum absolute atomic E-state index is 0.101. The maximum Gasteiger partial charge on any atom is 0.342 e. The van der Waals surface area contributed by atoms with Crippen LogP contribution in [0.15, 0.2) is 54.7 Å². The lowest BCUT2D eigenvalue weighted by Gasteiger charge is -2.11. The van der Waals surface area contributed by atoms with E-state index in [4.69, 9.17) is 4.74 Å². The van der Waals surface area contributed by atoms with E-state index in [9.17, 15) is 10.0 Å². The average Bonchev–Trinajstić information content (AvgIpc) is 2.87. The predicted octanol–water partition coefficient (Wildman–Crippen LogP) is 2.53. The van der Waals surface area contributed by atoms with Crippen LogP contribution in [0.2, 0.25) is 0 Å². The number of anilines is 1. The molecule has 0 atom stereocenters. The van der Waals surface area contributed by atoms with Crippen molar-refractivity contribution in [3.8, 4) is 5.75 Å². The van der Waals surface area contributed by atoms with Crippen molar-refractivity contribution in [2.75, 3.05) is 12.0 Å². The van der Waals surface area contributed by atoms with E-state index in [1.54, 1.807) is 30.3 Å². The Balaban J connectivity index is 1.79. The zero-order valence-corrected chi connectivity index (χ0v) is 12.6. The van der Waals surface area contributed by atoms with Gasteiger partial charge in [-0.2, -0.15) is 4.90 Å². The summed E-state index contributed by atoms with van der Waals surface area (Å²) in [6.45, 7) is 0.386. The Morgan fingerprint density at radius 2 is 1.91 bits per heavy atom. The zero-order valence-electron chi connectivity index (χ0n) is 12.6. The summed E-state index contributed by atoms with van der Waals surface area (Å²) in [6.07, 6.45) is 1.56. The van der Waals surface area contributed by atoms with Crippen LogP contribution in [0.25, 0.3) is 10.8 Å². The first-order chi connectivity index (χ1) is 11.2. The molecule has 114 valence electrons. The van der Waals surface area contributed by atoms with E-state index in [1.807, 2.05) is 36.4 Å². The summed E-state index contributed by atoms with van der Waals surface area (Å²) in [7, 11) is 1.62. The van der Waals surface area contributed by atoms with E-state index in [1.165, 1.54) is 0 Å². The number of methoxy groups -OCH3 is 1. The lowest BCUT2D eigenvalue weighted by atomic mass is 10.1. The van der Waals surface area contributed by atoms with Gasteiger partial charge < -0.3 is 9.94 Å². The second kappa shape index (κ2) is 4.98. The number of carbonyl (C=O) groups is 1. The molecule has 0 fully saturated rings. The molecule has 2 heterocycles. The number of aromatic nitrogens is 1. The van der Waals surface area contributed by atoms with Gasteiger partial charge in [0.2, 0.25) is 0 Å². The topological polar surface area (TPSA) is 53.7 Å². The van der Waals surface area contributed by atoms with Crippen LogP contribution < -0.4 is 14.4 Å². The Morgan fingerprint density at radius 1 is 1.13 bits per heavy atom. The standard InChI is InChI=1S/C18H15N2O3/c1-23-14-7-5-12(6-8-14)11-19-17-16-13(9-10-20(17)22)3-2-4-15(16)18(19)21/h2-10,22H,11H2,1H3/q+1. The summed E-state index contributed by atoms with van der Waals surface area (Å²) in [4.78, 5) is 14.3. The van der Waals surface area contributed by atoms with Gasteiger partial charge in [0.25, 0.3) is 0 Å². The number of hydrogen-bond acceptors (Lipinski definition) is 3. The molecule has 0 saturated carbocycles. The molecule has 0 radical (unpaired) electrons. The molecule has 1 aliphatic rings. The van der Waals surface area contributed by atoms with Crippen molar-refractivity contribution in [2.24, 2.45) is 0 Å². The van der Waals surface area contributed by atoms with Crippen LogP contribution in [0.5, 0.6) is 5.75 Å². The monoisotopic (exact) mass is 307 g/mol. The number of ether oxygens (including phenoxy) is 1. The van der Waals surface area contributed by atoms with Gasteiger partial charge in [0.15, 0.2) is 0 Å². The second-order valence-corrected chi connectivity index (χ2v) is 5.49. The highest BCUT2D eigenvalue weighted by atomic mass is 16.5. The fourth-order valence-corrected chi connectivity index (χ4v) is 3.03. The number of hydrogen-bond donors (Lipinski definition) is 1. The van der Waals surface area contributed by atoms with Crippen LogP contribution in [-0.2, 0) is 6.54 Å². The SMILES string of the molecule is COc1ccc(CN2C(=O)c3cccc4cc[n+](O)c2c34)cc1. The number of carbonyl (C=O) groups excluding carboxylic acids is 1. The zero-order chi connectivity index (χ0) is 16.0. The predicted molar refractivity (Wildman–Crippen MR) is 84.8 cm³/mol. The van der Waals surface area contributed by atoms with Crippen molar-refractivity contribution in [3.05, 3.63) is 65.9 Å². The lowest BCUT2D eigenvalue weighted by molar-refractivity contribution is -0.893. The summed E-state index contributed by atoms with van der Waals surface area (Å²) >= 11 is 0. The first-order valence-electron chi connectivity index (χ1n) is 7.30. The maximum absolute atomic E-state index is 12.7. The third-order valence-corrected chi connectivity index (χ3v) is 4.16. The first-order valence-corrected chi connectivity index (χ1v) is 7.30. The molecule has 5 nitrogen and oxygen atoms in total. The quantitative estimate of drug-likeness (QED) is 0.597. The van der Waals surface area contributed by atoms with Crippen LogP contribution in [0, 0.1) is 0 Å². The van der Waals surface area contributed by atoms with Gasteiger partial charge >= 0.3 is 11.7 Å². The Labute approximate surface area is 132 Å². The molecular weight excluding hydrogens is 292 g/mol. The van der Waals surface area contributed by atoms with Crippen molar-refractivity contribution in [1.82, 2.24) is 0 Å². The summed E-state index contributed by atoms with van der Waals surface area (Å²) in [5, 5.41) is 11.9.